The maximum atomic E-state index is 12.2. The SMILES string of the molecule is CC(NC(=O)c1ccoc1)C(=O)NC1(C(=O)O)CCCCC1. The topological polar surface area (TPSA) is 109 Å². The van der Waals surface area contributed by atoms with Gasteiger partial charge in [-0.1, -0.05) is 19.3 Å². The molecule has 22 heavy (non-hydrogen) atoms. The molecular formula is C15H20N2O5. The third-order valence-corrected chi connectivity index (χ3v) is 4.00. The van der Waals surface area contributed by atoms with Gasteiger partial charge >= 0.3 is 5.97 Å². The second-order valence-electron chi connectivity index (χ2n) is 5.64. The van der Waals surface area contributed by atoms with Crippen molar-refractivity contribution in [1.82, 2.24) is 10.6 Å². The van der Waals surface area contributed by atoms with Gasteiger partial charge in [0.25, 0.3) is 5.91 Å². The Morgan fingerprint density at radius 2 is 1.95 bits per heavy atom. The summed E-state index contributed by atoms with van der Waals surface area (Å²) in [5.41, 5.74) is -0.908. The Labute approximate surface area is 128 Å². The van der Waals surface area contributed by atoms with Gasteiger partial charge in [0, 0.05) is 0 Å². The molecular weight excluding hydrogens is 288 g/mol. The summed E-state index contributed by atoms with van der Waals surface area (Å²) in [6.45, 7) is 1.52. The molecule has 120 valence electrons. The number of carbonyl (C=O) groups is 3. The zero-order valence-electron chi connectivity index (χ0n) is 12.4. The van der Waals surface area contributed by atoms with Gasteiger partial charge < -0.3 is 20.2 Å². The first-order valence-electron chi connectivity index (χ1n) is 7.33. The van der Waals surface area contributed by atoms with Crippen molar-refractivity contribution in [1.29, 1.82) is 0 Å². The number of hydrogen-bond donors (Lipinski definition) is 3. The minimum atomic E-state index is -1.22. The Morgan fingerprint density at radius 1 is 1.27 bits per heavy atom. The minimum absolute atomic E-state index is 0.310. The fourth-order valence-corrected chi connectivity index (χ4v) is 2.63. The molecule has 1 fully saturated rings. The highest BCUT2D eigenvalue weighted by atomic mass is 16.4. The third-order valence-electron chi connectivity index (χ3n) is 4.00. The van der Waals surface area contributed by atoms with E-state index in [2.05, 4.69) is 10.6 Å². The summed E-state index contributed by atoms with van der Waals surface area (Å²) in [6.07, 6.45) is 5.97. The molecule has 1 aliphatic rings. The van der Waals surface area contributed by atoms with Gasteiger partial charge in [-0.15, -0.1) is 0 Å². The van der Waals surface area contributed by atoms with E-state index in [0.717, 1.165) is 19.3 Å². The molecule has 1 atom stereocenters. The van der Waals surface area contributed by atoms with Gasteiger partial charge in [-0.25, -0.2) is 4.79 Å². The quantitative estimate of drug-likeness (QED) is 0.759. The summed E-state index contributed by atoms with van der Waals surface area (Å²) in [4.78, 5) is 35.6. The summed E-state index contributed by atoms with van der Waals surface area (Å²) in [5.74, 6) is -1.96. The predicted molar refractivity (Wildman–Crippen MR) is 77.2 cm³/mol. The number of nitrogens with one attached hydrogen (secondary N) is 2. The Bertz CT molecular complexity index is 546. The molecule has 1 heterocycles. The van der Waals surface area contributed by atoms with E-state index in [0.29, 0.717) is 18.4 Å². The molecule has 0 radical (unpaired) electrons. The fraction of sp³-hybridized carbons (Fsp3) is 0.533. The smallest absolute Gasteiger partial charge is 0.329 e. The molecule has 1 aromatic rings. The largest absolute Gasteiger partial charge is 0.480 e. The van der Waals surface area contributed by atoms with Crippen LogP contribution in [-0.4, -0.2) is 34.5 Å². The highest BCUT2D eigenvalue weighted by Crippen LogP contribution is 2.28. The summed E-state index contributed by atoms with van der Waals surface area (Å²) in [6, 6.07) is 0.653. The van der Waals surface area contributed by atoms with E-state index < -0.39 is 29.4 Å². The van der Waals surface area contributed by atoms with E-state index in [1.165, 1.54) is 25.5 Å². The minimum Gasteiger partial charge on any atom is -0.480 e. The summed E-state index contributed by atoms with van der Waals surface area (Å²) < 4.78 is 4.81. The van der Waals surface area contributed by atoms with Gasteiger partial charge in [0.2, 0.25) is 5.91 Å². The molecule has 7 heteroatoms. The first-order chi connectivity index (χ1) is 10.4. The zero-order valence-corrected chi connectivity index (χ0v) is 12.4. The maximum absolute atomic E-state index is 12.2. The molecule has 3 N–H and O–H groups in total. The van der Waals surface area contributed by atoms with Crippen molar-refractivity contribution in [3.63, 3.8) is 0 Å². The first kappa shape index (κ1) is 16.1. The van der Waals surface area contributed by atoms with Crippen LogP contribution in [0.5, 0.6) is 0 Å². The van der Waals surface area contributed by atoms with E-state index in [-0.39, 0.29) is 0 Å². The molecule has 2 amide bonds. The normalized spacial score (nSPS) is 18.2. The van der Waals surface area contributed by atoms with Gasteiger partial charge in [-0.05, 0) is 25.8 Å². The Kier molecular flexibility index (Phi) is 4.85. The lowest BCUT2D eigenvalue weighted by atomic mass is 9.81. The van der Waals surface area contributed by atoms with Crippen LogP contribution in [0.2, 0.25) is 0 Å². The van der Waals surface area contributed by atoms with Crippen LogP contribution in [0.1, 0.15) is 49.4 Å². The number of furan rings is 1. The van der Waals surface area contributed by atoms with Crippen molar-refractivity contribution in [2.24, 2.45) is 0 Å². The van der Waals surface area contributed by atoms with E-state index >= 15 is 0 Å². The highest BCUT2D eigenvalue weighted by molar-refractivity contribution is 5.98. The number of carboxylic acid groups (broad SMARTS) is 1. The molecule has 0 bridgehead atoms. The molecule has 7 nitrogen and oxygen atoms in total. The lowest BCUT2D eigenvalue weighted by Crippen LogP contribution is -2.59. The van der Waals surface area contributed by atoms with Crippen LogP contribution >= 0.6 is 0 Å². The van der Waals surface area contributed by atoms with Gasteiger partial charge in [-0.3, -0.25) is 9.59 Å². The average molecular weight is 308 g/mol. The van der Waals surface area contributed by atoms with Crippen molar-refractivity contribution < 1.29 is 23.9 Å². The molecule has 1 aromatic heterocycles. The lowest BCUT2D eigenvalue weighted by Gasteiger charge is -2.34. The molecule has 1 aliphatic carbocycles. The highest BCUT2D eigenvalue weighted by Gasteiger charge is 2.41. The lowest BCUT2D eigenvalue weighted by molar-refractivity contribution is -0.149. The van der Waals surface area contributed by atoms with E-state index in [1.807, 2.05) is 0 Å². The number of rotatable bonds is 5. The van der Waals surface area contributed by atoms with Gasteiger partial charge in [0.05, 0.1) is 11.8 Å². The van der Waals surface area contributed by atoms with Crippen LogP contribution < -0.4 is 10.6 Å². The summed E-state index contributed by atoms with van der Waals surface area (Å²) in [5, 5.41) is 14.6. The van der Waals surface area contributed by atoms with Gasteiger partial charge in [-0.2, -0.15) is 0 Å². The number of aliphatic carboxylic acids is 1. The maximum Gasteiger partial charge on any atom is 0.329 e. The van der Waals surface area contributed by atoms with Gasteiger partial charge in [0.15, 0.2) is 0 Å². The Hall–Kier alpha value is -2.31. The van der Waals surface area contributed by atoms with Crippen LogP contribution in [-0.2, 0) is 9.59 Å². The summed E-state index contributed by atoms with van der Waals surface area (Å²) in [7, 11) is 0. The molecule has 0 saturated heterocycles. The molecule has 1 unspecified atom stereocenters. The molecule has 0 aliphatic heterocycles. The predicted octanol–water partition coefficient (Wildman–Crippen LogP) is 1.30. The van der Waals surface area contributed by atoms with Crippen molar-refractivity contribution in [3.05, 3.63) is 24.2 Å². The van der Waals surface area contributed by atoms with E-state index in [9.17, 15) is 19.5 Å². The number of carbonyl (C=O) groups excluding carboxylic acids is 2. The Balaban J connectivity index is 1.97. The second-order valence-corrected chi connectivity index (χ2v) is 5.64. The van der Waals surface area contributed by atoms with E-state index in [1.54, 1.807) is 0 Å². The zero-order chi connectivity index (χ0) is 16.2. The number of carboxylic acids is 1. The van der Waals surface area contributed by atoms with Crippen molar-refractivity contribution in [2.45, 2.75) is 50.6 Å². The average Bonchev–Trinajstić information content (AvgIpc) is 3.02. The van der Waals surface area contributed by atoms with Crippen LogP contribution in [0.3, 0.4) is 0 Å². The van der Waals surface area contributed by atoms with Crippen molar-refractivity contribution in [2.75, 3.05) is 0 Å². The summed E-state index contributed by atoms with van der Waals surface area (Å²) >= 11 is 0. The van der Waals surface area contributed by atoms with Crippen LogP contribution in [0, 0.1) is 0 Å². The third kappa shape index (κ3) is 3.47. The standard InChI is InChI=1S/C15H20N2O5/c1-10(16-13(19)11-5-8-22-9-11)12(18)17-15(14(20)21)6-3-2-4-7-15/h5,8-10H,2-4,6-7H2,1H3,(H,16,19)(H,17,18)(H,20,21). The van der Waals surface area contributed by atoms with Gasteiger partial charge in [0.1, 0.15) is 17.8 Å². The fourth-order valence-electron chi connectivity index (χ4n) is 2.63. The van der Waals surface area contributed by atoms with Crippen LogP contribution in [0.4, 0.5) is 0 Å². The number of hydrogen-bond acceptors (Lipinski definition) is 4. The van der Waals surface area contributed by atoms with Crippen molar-refractivity contribution >= 4 is 17.8 Å². The molecule has 0 aromatic carbocycles. The Morgan fingerprint density at radius 3 is 2.50 bits per heavy atom. The van der Waals surface area contributed by atoms with Crippen LogP contribution in [0.15, 0.2) is 23.0 Å². The first-order valence-corrected chi connectivity index (χ1v) is 7.33. The molecule has 1 saturated carbocycles. The van der Waals surface area contributed by atoms with E-state index in [4.69, 9.17) is 4.42 Å². The second kappa shape index (κ2) is 6.64. The molecule has 0 spiro atoms. The monoisotopic (exact) mass is 308 g/mol. The van der Waals surface area contributed by atoms with Crippen LogP contribution in [0.25, 0.3) is 0 Å². The van der Waals surface area contributed by atoms with Crippen molar-refractivity contribution in [3.8, 4) is 0 Å². The number of amides is 2. The molecule has 2 rings (SSSR count).